The lowest BCUT2D eigenvalue weighted by Crippen LogP contribution is -1.96. The maximum atomic E-state index is 9.67. The summed E-state index contributed by atoms with van der Waals surface area (Å²) >= 11 is 4.82. The summed E-state index contributed by atoms with van der Waals surface area (Å²) in [4.78, 5) is 5.00. The molecule has 0 aliphatic heterocycles. The number of thiazole rings is 1. The Morgan fingerprint density at radius 3 is 2.91 bits per heavy atom. The molecule has 0 amide bonds. The van der Waals surface area contributed by atoms with E-state index < -0.39 is 0 Å². The van der Waals surface area contributed by atoms with Crippen LogP contribution in [0, 0.1) is 5.92 Å². The van der Waals surface area contributed by atoms with Crippen LogP contribution in [0.3, 0.4) is 0 Å². The predicted molar refractivity (Wildman–Crippen MR) is 47.5 cm³/mol. The highest BCUT2D eigenvalue weighted by atomic mass is 79.9. The van der Waals surface area contributed by atoms with Gasteiger partial charge in [-0.2, -0.15) is 0 Å². The second-order valence-electron chi connectivity index (χ2n) is 2.79. The van der Waals surface area contributed by atoms with E-state index in [2.05, 4.69) is 20.9 Å². The Morgan fingerprint density at radius 1 is 1.73 bits per heavy atom. The molecule has 1 aromatic heterocycles. The molecule has 11 heavy (non-hydrogen) atoms. The summed E-state index contributed by atoms with van der Waals surface area (Å²) in [5, 5.41) is 9.67. The fourth-order valence-corrected chi connectivity index (χ4v) is 2.57. The summed E-state index contributed by atoms with van der Waals surface area (Å²) in [6.07, 6.45) is 2.04. The summed E-state index contributed by atoms with van der Waals surface area (Å²) in [6, 6.07) is 0. The second-order valence-corrected chi connectivity index (χ2v) is 4.43. The Morgan fingerprint density at radius 2 is 2.45 bits per heavy atom. The lowest BCUT2D eigenvalue weighted by atomic mass is 10.2. The summed E-state index contributed by atoms with van der Waals surface area (Å²) in [5.74, 6) is 0.492. The smallest absolute Gasteiger partial charge is 0.122 e. The molecule has 2 nitrogen and oxygen atoms in total. The zero-order valence-corrected chi connectivity index (χ0v) is 8.23. The van der Waals surface area contributed by atoms with E-state index in [-0.39, 0.29) is 6.10 Å². The van der Waals surface area contributed by atoms with Gasteiger partial charge in [-0.25, -0.2) is 4.98 Å². The van der Waals surface area contributed by atoms with Crippen LogP contribution in [0.1, 0.15) is 23.8 Å². The molecule has 1 heterocycles. The van der Waals surface area contributed by atoms with Gasteiger partial charge in [-0.05, 0) is 34.7 Å². The number of hydrogen-bond acceptors (Lipinski definition) is 3. The van der Waals surface area contributed by atoms with E-state index in [1.54, 1.807) is 5.51 Å². The lowest BCUT2D eigenvalue weighted by molar-refractivity contribution is 0.156. The molecule has 1 atom stereocenters. The van der Waals surface area contributed by atoms with Crippen LogP contribution in [0.25, 0.3) is 0 Å². The van der Waals surface area contributed by atoms with Gasteiger partial charge in [-0.3, -0.25) is 0 Å². The first kappa shape index (κ1) is 7.71. The Labute approximate surface area is 77.4 Å². The average Bonchev–Trinajstić information content (AvgIpc) is 2.74. The second kappa shape index (κ2) is 2.84. The van der Waals surface area contributed by atoms with Crippen molar-refractivity contribution in [2.75, 3.05) is 0 Å². The van der Waals surface area contributed by atoms with Gasteiger partial charge in [-0.15, -0.1) is 11.3 Å². The van der Waals surface area contributed by atoms with E-state index in [1.165, 1.54) is 11.3 Å². The third-order valence-corrected chi connectivity index (χ3v) is 3.68. The van der Waals surface area contributed by atoms with E-state index in [0.717, 1.165) is 22.3 Å². The monoisotopic (exact) mass is 233 g/mol. The Kier molecular flexibility index (Phi) is 1.99. The lowest BCUT2D eigenvalue weighted by Gasteiger charge is -2.04. The first-order valence-electron chi connectivity index (χ1n) is 3.56. The van der Waals surface area contributed by atoms with E-state index >= 15 is 0 Å². The van der Waals surface area contributed by atoms with Gasteiger partial charge in [0.2, 0.25) is 0 Å². The molecule has 0 bridgehead atoms. The van der Waals surface area contributed by atoms with Crippen molar-refractivity contribution >= 4 is 27.3 Å². The summed E-state index contributed by atoms with van der Waals surface area (Å²) in [6.45, 7) is 0. The number of halogens is 1. The molecule has 2 rings (SSSR count). The van der Waals surface area contributed by atoms with Gasteiger partial charge in [-0.1, -0.05) is 0 Å². The molecule has 1 aromatic rings. The number of rotatable bonds is 2. The van der Waals surface area contributed by atoms with Gasteiger partial charge in [0.25, 0.3) is 0 Å². The highest BCUT2D eigenvalue weighted by molar-refractivity contribution is 9.10. The standard InChI is InChI=1S/C7H8BrNOS/c8-7-6(11-3-9-7)5(10)4-1-2-4/h3-5,10H,1-2H2. The quantitative estimate of drug-likeness (QED) is 0.851. The van der Waals surface area contributed by atoms with Crippen molar-refractivity contribution in [3.63, 3.8) is 0 Å². The highest BCUT2D eigenvalue weighted by Gasteiger charge is 2.32. The average molecular weight is 234 g/mol. The molecule has 1 saturated carbocycles. The first-order valence-corrected chi connectivity index (χ1v) is 5.23. The predicted octanol–water partition coefficient (Wildman–Crippen LogP) is 2.35. The van der Waals surface area contributed by atoms with Crippen LogP contribution in [-0.2, 0) is 0 Å². The molecular weight excluding hydrogens is 226 g/mol. The molecular formula is C7H8BrNOS. The summed E-state index contributed by atoms with van der Waals surface area (Å²) in [7, 11) is 0. The number of aliphatic hydroxyl groups is 1. The SMILES string of the molecule is OC(c1scnc1Br)C1CC1. The molecule has 1 N–H and O–H groups in total. The summed E-state index contributed by atoms with van der Waals surface area (Å²) < 4.78 is 0.807. The summed E-state index contributed by atoms with van der Waals surface area (Å²) in [5.41, 5.74) is 1.75. The minimum Gasteiger partial charge on any atom is -0.387 e. The molecule has 1 fully saturated rings. The Balaban J connectivity index is 2.20. The zero-order valence-electron chi connectivity index (χ0n) is 5.83. The maximum Gasteiger partial charge on any atom is 0.122 e. The molecule has 4 heteroatoms. The van der Waals surface area contributed by atoms with Crippen molar-refractivity contribution in [3.8, 4) is 0 Å². The highest BCUT2D eigenvalue weighted by Crippen LogP contribution is 2.43. The van der Waals surface area contributed by atoms with Crippen molar-refractivity contribution in [1.82, 2.24) is 4.98 Å². The van der Waals surface area contributed by atoms with Gasteiger partial charge in [0.15, 0.2) is 0 Å². The number of aliphatic hydroxyl groups excluding tert-OH is 1. The molecule has 0 spiro atoms. The van der Waals surface area contributed by atoms with Crippen LogP contribution in [0.15, 0.2) is 10.1 Å². The number of hydrogen-bond donors (Lipinski definition) is 1. The fourth-order valence-electron chi connectivity index (χ4n) is 1.06. The maximum absolute atomic E-state index is 9.67. The third-order valence-electron chi connectivity index (χ3n) is 1.89. The minimum atomic E-state index is -0.281. The van der Waals surface area contributed by atoms with E-state index in [1.807, 2.05) is 0 Å². The molecule has 1 aliphatic rings. The van der Waals surface area contributed by atoms with Crippen molar-refractivity contribution in [1.29, 1.82) is 0 Å². The van der Waals surface area contributed by atoms with Crippen LogP contribution in [0.2, 0.25) is 0 Å². The normalized spacial score (nSPS) is 20.2. The first-order chi connectivity index (χ1) is 5.29. The molecule has 1 unspecified atom stereocenters. The van der Waals surface area contributed by atoms with Gasteiger partial charge in [0.1, 0.15) is 4.60 Å². The third kappa shape index (κ3) is 1.48. The van der Waals surface area contributed by atoms with E-state index in [0.29, 0.717) is 5.92 Å². The van der Waals surface area contributed by atoms with E-state index in [4.69, 9.17) is 0 Å². The largest absolute Gasteiger partial charge is 0.387 e. The molecule has 0 radical (unpaired) electrons. The van der Waals surface area contributed by atoms with Crippen LogP contribution in [0.4, 0.5) is 0 Å². The molecule has 1 aliphatic carbocycles. The Bertz CT molecular complexity index is 259. The van der Waals surface area contributed by atoms with Crippen molar-refractivity contribution < 1.29 is 5.11 Å². The van der Waals surface area contributed by atoms with Gasteiger partial charge in [0.05, 0.1) is 16.5 Å². The van der Waals surface area contributed by atoms with Gasteiger partial charge >= 0.3 is 0 Å². The van der Waals surface area contributed by atoms with Crippen LogP contribution in [0.5, 0.6) is 0 Å². The van der Waals surface area contributed by atoms with Gasteiger partial charge in [0, 0.05) is 0 Å². The minimum absolute atomic E-state index is 0.281. The fraction of sp³-hybridized carbons (Fsp3) is 0.571. The van der Waals surface area contributed by atoms with Crippen molar-refractivity contribution in [2.45, 2.75) is 18.9 Å². The van der Waals surface area contributed by atoms with Gasteiger partial charge < -0.3 is 5.11 Å². The molecule has 0 aromatic carbocycles. The number of aromatic nitrogens is 1. The molecule has 0 saturated heterocycles. The van der Waals surface area contributed by atoms with Crippen molar-refractivity contribution in [2.24, 2.45) is 5.92 Å². The number of nitrogens with zero attached hydrogens (tertiary/aromatic N) is 1. The van der Waals surface area contributed by atoms with E-state index in [9.17, 15) is 5.11 Å². The van der Waals surface area contributed by atoms with Crippen LogP contribution >= 0.6 is 27.3 Å². The van der Waals surface area contributed by atoms with Crippen LogP contribution in [-0.4, -0.2) is 10.1 Å². The van der Waals surface area contributed by atoms with Crippen molar-refractivity contribution in [3.05, 3.63) is 15.0 Å². The Hall–Kier alpha value is 0.0700. The van der Waals surface area contributed by atoms with Crippen LogP contribution < -0.4 is 0 Å². The zero-order chi connectivity index (χ0) is 7.84. The molecule has 60 valence electrons. The topological polar surface area (TPSA) is 33.1 Å².